The predicted octanol–water partition coefficient (Wildman–Crippen LogP) is 2.16. The van der Waals surface area contributed by atoms with Crippen molar-refractivity contribution < 1.29 is 17.9 Å². The van der Waals surface area contributed by atoms with E-state index in [1.807, 2.05) is 0 Å². The third-order valence-corrected chi connectivity index (χ3v) is 1.40. The van der Waals surface area contributed by atoms with Gasteiger partial charge >= 0.3 is 6.36 Å². The van der Waals surface area contributed by atoms with Crippen LogP contribution in [0.4, 0.5) is 13.2 Å². The molecule has 0 bridgehead atoms. The molecule has 1 aromatic heterocycles. The molecule has 1 aromatic rings. The summed E-state index contributed by atoms with van der Waals surface area (Å²) >= 11 is 0. The van der Waals surface area contributed by atoms with Crippen molar-refractivity contribution in [1.82, 2.24) is 4.98 Å². The average Bonchev–Trinajstić information content (AvgIpc) is 2.01. The molecular formula is C8H5F3N2O. The van der Waals surface area contributed by atoms with Crippen molar-refractivity contribution in [3.05, 3.63) is 23.4 Å². The van der Waals surface area contributed by atoms with Crippen molar-refractivity contribution in [3.63, 3.8) is 0 Å². The summed E-state index contributed by atoms with van der Waals surface area (Å²) in [5.74, 6) is -0.561. The smallest absolute Gasteiger partial charge is 0.388 e. The average molecular weight is 202 g/mol. The number of halogens is 3. The molecule has 0 aromatic carbocycles. The van der Waals surface area contributed by atoms with Crippen LogP contribution in [0.3, 0.4) is 0 Å². The van der Waals surface area contributed by atoms with Crippen LogP contribution in [-0.2, 0) is 0 Å². The number of nitrogens with zero attached hydrogens (tertiary/aromatic N) is 2. The molecule has 0 atom stereocenters. The van der Waals surface area contributed by atoms with E-state index in [-0.39, 0.29) is 11.3 Å². The van der Waals surface area contributed by atoms with E-state index in [4.69, 9.17) is 5.26 Å². The summed E-state index contributed by atoms with van der Waals surface area (Å²) in [6.07, 6.45) is -4.76. The zero-order valence-corrected chi connectivity index (χ0v) is 7.09. The molecule has 14 heavy (non-hydrogen) atoms. The minimum absolute atomic E-state index is 0.203. The van der Waals surface area contributed by atoms with E-state index in [1.165, 1.54) is 13.0 Å². The van der Waals surface area contributed by atoms with E-state index in [0.717, 1.165) is 6.07 Å². The van der Waals surface area contributed by atoms with Crippen molar-refractivity contribution in [2.75, 3.05) is 0 Å². The normalized spacial score (nSPS) is 10.8. The molecule has 74 valence electrons. The summed E-state index contributed by atoms with van der Waals surface area (Å²) in [4.78, 5) is 3.46. The van der Waals surface area contributed by atoms with Gasteiger partial charge in [0.1, 0.15) is 6.07 Å². The fourth-order valence-corrected chi connectivity index (χ4v) is 0.832. The topological polar surface area (TPSA) is 45.9 Å². The van der Waals surface area contributed by atoms with Crippen LogP contribution in [0.2, 0.25) is 0 Å². The quantitative estimate of drug-likeness (QED) is 0.700. The molecule has 3 nitrogen and oxygen atoms in total. The van der Waals surface area contributed by atoms with Gasteiger partial charge in [-0.1, -0.05) is 0 Å². The number of rotatable bonds is 1. The van der Waals surface area contributed by atoms with E-state index in [0.29, 0.717) is 0 Å². The van der Waals surface area contributed by atoms with Crippen molar-refractivity contribution in [1.29, 1.82) is 5.26 Å². The highest BCUT2D eigenvalue weighted by atomic mass is 19.4. The molecule has 1 heterocycles. The Morgan fingerprint density at radius 2 is 2.07 bits per heavy atom. The number of aromatic nitrogens is 1. The number of hydrogen-bond donors (Lipinski definition) is 0. The van der Waals surface area contributed by atoms with Crippen LogP contribution in [0.5, 0.6) is 5.88 Å². The van der Waals surface area contributed by atoms with Gasteiger partial charge in [0.2, 0.25) is 5.88 Å². The molecule has 0 amide bonds. The van der Waals surface area contributed by atoms with E-state index in [2.05, 4.69) is 9.72 Å². The van der Waals surface area contributed by atoms with Gasteiger partial charge in [-0.2, -0.15) is 5.26 Å². The summed E-state index contributed by atoms with van der Waals surface area (Å²) in [5.41, 5.74) is 0.425. The monoisotopic (exact) mass is 202 g/mol. The maximum absolute atomic E-state index is 11.7. The molecule has 0 N–H and O–H groups in total. The van der Waals surface area contributed by atoms with Gasteiger partial charge in [-0.3, -0.25) is 0 Å². The van der Waals surface area contributed by atoms with Gasteiger partial charge in [0.25, 0.3) is 0 Å². The lowest BCUT2D eigenvalue weighted by Gasteiger charge is -2.08. The molecule has 0 aliphatic heterocycles. The van der Waals surface area contributed by atoms with Gasteiger partial charge in [-0.15, -0.1) is 13.2 Å². The Morgan fingerprint density at radius 3 is 2.50 bits per heavy atom. The minimum Gasteiger partial charge on any atom is -0.388 e. The zero-order chi connectivity index (χ0) is 10.8. The van der Waals surface area contributed by atoms with Crippen LogP contribution in [0.1, 0.15) is 11.3 Å². The summed E-state index contributed by atoms with van der Waals surface area (Å²) in [6.45, 7) is 1.43. The first-order valence-electron chi connectivity index (χ1n) is 3.56. The van der Waals surface area contributed by atoms with E-state index in [1.54, 1.807) is 6.07 Å². The number of pyridine rings is 1. The molecule has 0 spiro atoms. The Balaban J connectivity index is 2.94. The third-order valence-electron chi connectivity index (χ3n) is 1.40. The number of nitriles is 1. The molecule has 0 aliphatic carbocycles. The first-order valence-corrected chi connectivity index (χ1v) is 3.56. The fraction of sp³-hybridized carbons (Fsp3) is 0.250. The highest BCUT2D eigenvalue weighted by molar-refractivity contribution is 5.34. The maximum atomic E-state index is 11.7. The van der Waals surface area contributed by atoms with Gasteiger partial charge < -0.3 is 4.74 Å². The van der Waals surface area contributed by atoms with Crippen LogP contribution in [-0.4, -0.2) is 11.3 Å². The fourth-order valence-electron chi connectivity index (χ4n) is 0.832. The van der Waals surface area contributed by atoms with E-state index >= 15 is 0 Å². The largest absolute Gasteiger partial charge is 0.574 e. The van der Waals surface area contributed by atoms with Crippen molar-refractivity contribution in [2.24, 2.45) is 0 Å². The van der Waals surface area contributed by atoms with Crippen molar-refractivity contribution >= 4 is 0 Å². The molecule has 0 aliphatic rings. The van der Waals surface area contributed by atoms with E-state index in [9.17, 15) is 13.2 Å². The summed E-state index contributed by atoms with van der Waals surface area (Å²) < 4.78 is 38.7. The third kappa shape index (κ3) is 2.62. The van der Waals surface area contributed by atoms with Gasteiger partial charge in [-0.25, -0.2) is 4.98 Å². The Labute approximate surface area is 77.7 Å². The zero-order valence-electron chi connectivity index (χ0n) is 7.09. The van der Waals surface area contributed by atoms with Crippen LogP contribution in [0.15, 0.2) is 12.1 Å². The Morgan fingerprint density at radius 1 is 1.43 bits per heavy atom. The van der Waals surface area contributed by atoms with Crippen molar-refractivity contribution in [2.45, 2.75) is 13.3 Å². The number of aryl methyl sites for hydroxylation is 1. The molecule has 6 heteroatoms. The summed E-state index contributed by atoms with van der Waals surface area (Å²) in [5, 5.41) is 8.49. The lowest BCUT2D eigenvalue weighted by molar-refractivity contribution is -0.276. The molecule has 1 rings (SSSR count). The minimum atomic E-state index is -4.76. The first kappa shape index (κ1) is 10.3. The molecule has 0 saturated carbocycles. The molecule has 0 saturated heterocycles. The number of ether oxygens (including phenoxy) is 1. The van der Waals surface area contributed by atoms with Crippen LogP contribution >= 0.6 is 0 Å². The van der Waals surface area contributed by atoms with Gasteiger partial charge in [0, 0.05) is 6.07 Å². The van der Waals surface area contributed by atoms with Crippen molar-refractivity contribution in [3.8, 4) is 11.9 Å². The van der Waals surface area contributed by atoms with Gasteiger partial charge in [-0.05, 0) is 13.0 Å². The number of hydrogen-bond acceptors (Lipinski definition) is 3. The first-order chi connectivity index (χ1) is 6.42. The summed E-state index contributed by atoms with van der Waals surface area (Å²) in [6, 6.07) is 4.01. The molecule has 0 unspecified atom stereocenters. The highest BCUT2D eigenvalue weighted by Crippen LogP contribution is 2.21. The maximum Gasteiger partial charge on any atom is 0.574 e. The Kier molecular flexibility index (Phi) is 2.60. The standard InChI is InChI=1S/C8H5F3N2O/c1-5-6(4-12)2-3-7(13-5)14-8(9,10)11/h2-3H,1H3. The van der Waals surface area contributed by atoms with Gasteiger partial charge in [0.15, 0.2) is 0 Å². The molecule has 0 radical (unpaired) electrons. The second-order valence-electron chi connectivity index (χ2n) is 2.44. The van der Waals surface area contributed by atoms with Gasteiger partial charge in [0.05, 0.1) is 11.3 Å². The second kappa shape index (κ2) is 3.54. The van der Waals surface area contributed by atoms with Crippen LogP contribution < -0.4 is 4.74 Å². The SMILES string of the molecule is Cc1nc(OC(F)(F)F)ccc1C#N. The molecule has 0 fully saturated rings. The molecular weight excluding hydrogens is 197 g/mol. The van der Waals surface area contributed by atoms with Crippen LogP contribution in [0, 0.1) is 18.3 Å². The predicted molar refractivity (Wildman–Crippen MR) is 40.4 cm³/mol. The Hall–Kier alpha value is -1.77. The lowest BCUT2D eigenvalue weighted by Crippen LogP contribution is -2.18. The lowest BCUT2D eigenvalue weighted by atomic mass is 10.2. The number of alkyl halides is 3. The summed E-state index contributed by atoms with van der Waals surface area (Å²) in [7, 11) is 0. The highest BCUT2D eigenvalue weighted by Gasteiger charge is 2.31. The second-order valence-corrected chi connectivity index (χ2v) is 2.44. The Bertz CT molecular complexity index is 381. The van der Waals surface area contributed by atoms with Crippen LogP contribution in [0.25, 0.3) is 0 Å². The van der Waals surface area contributed by atoms with E-state index < -0.39 is 12.2 Å².